The molecule has 3 aromatic rings. The van der Waals surface area contributed by atoms with Crippen LogP contribution in [0.2, 0.25) is 0 Å². The second kappa shape index (κ2) is 12.1. The van der Waals surface area contributed by atoms with Gasteiger partial charge in [-0.15, -0.1) is 0 Å². The maximum absolute atomic E-state index is 12.9. The SMILES string of the molecule is C=O.CC.COc1cc2nn(C3CCNCC3)cc2cc1NC(=O)c1cccc(C(F)(F)F)n1. The van der Waals surface area contributed by atoms with E-state index in [1.165, 1.54) is 13.2 Å². The number of aromatic nitrogens is 3. The number of carbonyl (C=O) groups is 2. The molecule has 1 fully saturated rings. The van der Waals surface area contributed by atoms with Gasteiger partial charge in [-0.05, 0) is 44.1 Å². The van der Waals surface area contributed by atoms with Crippen molar-refractivity contribution in [2.24, 2.45) is 0 Å². The van der Waals surface area contributed by atoms with Crippen molar-refractivity contribution in [2.45, 2.75) is 38.9 Å². The van der Waals surface area contributed by atoms with Gasteiger partial charge >= 0.3 is 6.18 Å². The zero-order chi connectivity index (χ0) is 25.3. The number of rotatable bonds is 4. The molecule has 1 saturated heterocycles. The first kappa shape index (κ1) is 26.8. The number of methoxy groups -OCH3 is 1. The van der Waals surface area contributed by atoms with Gasteiger partial charge in [-0.25, -0.2) is 4.98 Å². The number of pyridine rings is 1. The maximum Gasteiger partial charge on any atom is 0.433 e. The molecule has 184 valence electrons. The highest BCUT2D eigenvalue weighted by molar-refractivity contribution is 6.05. The summed E-state index contributed by atoms with van der Waals surface area (Å²) in [6.07, 6.45) is -0.787. The maximum atomic E-state index is 12.9. The van der Waals surface area contributed by atoms with Crippen LogP contribution in [-0.2, 0) is 11.0 Å². The minimum Gasteiger partial charge on any atom is -0.494 e. The molecule has 1 amide bonds. The summed E-state index contributed by atoms with van der Waals surface area (Å²) in [5, 5.41) is 11.3. The van der Waals surface area contributed by atoms with E-state index in [2.05, 4.69) is 20.7 Å². The minimum absolute atomic E-state index is 0.289. The van der Waals surface area contributed by atoms with Gasteiger partial charge in [0.1, 0.15) is 23.9 Å². The number of benzene rings is 1. The summed E-state index contributed by atoms with van der Waals surface area (Å²) in [5.74, 6) is -0.400. The van der Waals surface area contributed by atoms with Gasteiger partial charge in [0.15, 0.2) is 0 Å². The fraction of sp³-hybridized carbons (Fsp3) is 0.391. The Morgan fingerprint density at radius 2 is 1.88 bits per heavy atom. The van der Waals surface area contributed by atoms with Crippen LogP contribution in [0.25, 0.3) is 10.9 Å². The fourth-order valence-corrected chi connectivity index (χ4v) is 3.50. The number of piperidine rings is 1. The lowest BCUT2D eigenvalue weighted by Gasteiger charge is -2.22. The molecule has 0 aliphatic carbocycles. The molecule has 8 nitrogen and oxygen atoms in total. The quantitative estimate of drug-likeness (QED) is 0.573. The van der Waals surface area contributed by atoms with Crippen LogP contribution >= 0.6 is 0 Å². The van der Waals surface area contributed by atoms with Crippen molar-refractivity contribution >= 4 is 29.3 Å². The molecule has 1 aliphatic heterocycles. The molecular formula is C23H28F3N5O3. The molecule has 3 heterocycles. The minimum atomic E-state index is -4.63. The number of nitrogens with zero attached hydrogens (tertiary/aromatic N) is 3. The molecule has 1 aliphatic rings. The monoisotopic (exact) mass is 479 g/mol. The lowest BCUT2D eigenvalue weighted by Crippen LogP contribution is -2.29. The van der Waals surface area contributed by atoms with E-state index in [-0.39, 0.29) is 11.7 Å². The van der Waals surface area contributed by atoms with Crippen molar-refractivity contribution in [3.8, 4) is 5.75 Å². The molecule has 11 heteroatoms. The van der Waals surface area contributed by atoms with Gasteiger partial charge in [0.25, 0.3) is 5.91 Å². The van der Waals surface area contributed by atoms with Gasteiger partial charge in [-0.2, -0.15) is 18.3 Å². The van der Waals surface area contributed by atoms with Crippen LogP contribution in [0.1, 0.15) is 48.9 Å². The largest absolute Gasteiger partial charge is 0.494 e. The average molecular weight is 480 g/mol. The van der Waals surface area contributed by atoms with Crippen LogP contribution in [-0.4, -0.2) is 47.7 Å². The highest BCUT2D eigenvalue weighted by Gasteiger charge is 2.33. The molecule has 0 bridgehead atoms. The van der Waals surface area contributed by atoms with Gasteiger partial charge in [-0.3, -0.25) is 9.48 Å². The highest BCUT2D eigenvalue weighted by atomic mass is 19.4. The lowest BCUT2D eigenvalue weighted by atomic mass is 10.1. The van der Waals surface area contributed by atoms with Gasteiger partial charge < -0.3 is 20.2 Å². The normalized spacial score (nSPS) is 13.8. The number of hydrogen-bond acceptors (Lipinski definition) is 6. The third-order valence-corrected chi connectivity index (χ3v) is 5.05. The molecule has 2 aromatic heterocycles. The van der Waals surface area contributed by atoms with Crippen LogP contribution in [0.3, 0.4) is 0 Å². The number of carbonyl (C=O) groups excluding carboxylic acids is 2. The molecule has 1 aromatic carbocycles. The van der Waals surface area contributed by atoms with Gasteiger partial charge in [0, 0.05) is 17.6 Å². The Balaban J connectivity index is 0.000000970. The molecule has 4 rings (SSSR count). The molecule has 2 N–H and O–H groups in total. The van der Waals surface area contributed by atoms with Gasteiger partial charge in [0.05, 0.1) is 24.4 Å². The Morgan fingerprint density at radius 1 is 1.21 bits per heavy atom. The molecule has 34 heavy (non-hydrogen) atoms. The molecule has 0 spiro atoms. The van der Waals surface area contributed by atoms with E-state index in [0.29, 0.717) is 17.0 Å². The van der Waals surface area contributed by atoms with Crippen molar-refractivity contribution in [3.63, 3.8) is 0 Å². The lowest BCUT2D eigenvalue weighted by molar-refractivity contribution is -0.141. The van der Waals surface area contributed by atoms with Crippen LogP contribution in [0, 0.1) is 0 Å². The number of nitrogens with one attached hydrogen (secondary N) is 2. The number of anilines is 1. The first-order chi connectivity index (χ1) is 16.3. The summed E-state index contributed by atoms with van der Waals surface area (Å²) in [4.78, 5) is 23.9. The van der Waals surface area contributed by atoms with E-state index in [1.807, 2.05) is 31.5 Å². The Bertz CT molecular complexity index is 1100. The van der Waals surface area contributed by atoms with Crippen LogP contribution in [0.15, 0.2) is 36.5 Å². The van der Waals surface area contributed by atoms with Crippen LogP contribution < -0.4 is 15.4 Å². The van der Waals surface area contributed by atoms with Gasteiger partial charge in [-0.1, -0.05) is 19.9 Å². The number of alkyl halides is 3. The van der Waals surface area contributed by atoms with Crippen LogP contribution in [0.4, 0.5) is 18.9 Å². The second-order valence-electron chi connectivity index (χ2n) is 7.06. The third kappa shape index (κ3) is 6.31. The average Bonchev–Trinajstić information content (AvgIpc) is 3.29. The predicted octanol–water partition coefficient (Wildman–Crippen LogP) is 4.48. The summed E-state index contributed by atoms with van der Waals surface area (Å²) in [6, 6.07) is 6.88. The van der Waals surface area contributed by atoms with Crippen LogP contribution in [0.5, 0.6) is 5.75 Å². The zero-order valence-corrected chi connectivity index (χ0v) is 19.3. The van der Waals surface area contributed by atoms with Crippen molar-refractivity contribution in [3.05, 3.63) is 47.9 Å². The molecule has 0 saturated carbocycles. The smallest absolute Gasteiger partial charge is 0.433 e. The van der Waals surface area contributed by atoms with Crippen molar-refractivity contribution < 1.29 is 27.5 Å². The number of hydrogen-bond donors (Lipinski definition) is 2. The highest BCUT2D eigenvalue weighted by Crippen LogP contribution is 2.32. The standard InChI is InChI=1S/C20H20F3N5O2.C2H6.CH2O/c1-30-17-10-15-12(11-28(27-15)13-5-7-24-8-6-13)9-16(17)26-19(29)14-3-2-4-18(25-14)20(21,22)23;2*1-2/h2-4,9-11,13,24H,5-8H2,1H3,(H,26,29);1-2H3;1H2. The topological polar surface area (TPSA) is 98.1 Å². The van der Waals surface area contributed by atoms with E-state index < -0.39 is 17.8 Å². The second-order valence-corrected chi connectivity index (χ2v) is 7.06. The predicted molar refractivity (Wildman–Crippen MR) is 123 cm³/mol. The first-order valence-electron chi connectivity index (χ1n) is 10.8. The molecule has 0 radical (unpaired) electrons. The van der Waals surface area contributed by atoms with E-state index in [1.54, 1.807) is 12.1 Å². The Labute approximate surface area is 195 Å². The van der Waals surface area contributed by atoms with Crippen molar-refractivity contribution in [1.29, 1.82) is 0 Å². The number of halogens is 3. The van der Waals surface area contributed by atoms with E-state index >= 15 is 0 Å². The summed E-state index contributed by atoms with van der Waals surface area (Å²) in [7, 11) is 1.45. The Kier molecular flexibility index (Phi) is 9.55. The van der Waals surface area contributed by atoms with Gasteiger partial charge in [0.2, 0.25) is 0 Å². The zero-order valence-electron chi connectivity index (χ0n) is 19.3. The Hall–Kier alpha value is -3.47. The number of ether oxygens (including phenoxy) is 1. The molecule has 0 unspecified atom stereocenters. The first-order valence-corrected chi connectivity index (χ1v) is 10.8. The van der Waals surface area contributed by atoms with Crippen molar-refractivity contribution in [1.82, 2.24) is 20.1 Å². The number of amides is 1. The summed E-state index contributed by atoms with van der Waals surface area (Å²) < 4.78 is 45.9. The number of fused-ring (bicyclic) bond motifs is 1. The fourth-order valence-electron chi connectivity index (χ4n) is 3.50. The molecule has 0 atom stereocenters. The van der Waals surface area contributed by atoms with Crippen molar-refractivity contribution in [2.75, 3.05) is 25.5 Å². The van der Waals surface area contributed by atoms with E-state index in [0.717, 1.165) is 43.5 Å². The Morgan fingerprint density at radius 3 is 2.50 bits per heavy atom. The summed E-state index contributed by atoms with van der Waals surface area (Å²) in [5.41, 5.74) is -0.419. The van der Waals surface area contributed by atoms with E-state index in [4.69, 9.17) is 9.53 Å². The third-order valence-electron chi connectivity index (χ3n) is 5.05. The van der Waals surface area contributed by atoms with E-state index in [9.17, 15) is 18.0 Å². The summed E-state index contributed by atoms with van der Waals surface area (Å²) >= 11 is 0. The summed E-state index contributed by atoms with van der Waals surface area (Å²) in [6.45, 7) is 7.85. The molecular weight excluding hydrogens is 451 g/mol.